The van der Waals surface area contributed by atoms with E-state index in [2.05, 4.69) is 15.5 Å². The van der Waals surface area contributed by atoms with Gasteiger partial charge in [0.2, 0.25) is 5.91 Å². The van der Waals surface area contributed by atoms with E-state index in [9.17, 15) is 4.79 Å². The monoisotopic (exact) mass is 295 g/mol. The van der Waals surface area contributed by atoms with Gasteiger partial charge in [-0.05, 0) is 51.0 Å². The van der Waals surface area contributed by atoms with E-state index in [1.807, 2.05) is 25.2 Å². The molecule has 1 saturated heterocycles. The van der Waals surface area contributed by atoms with Gasteiger partial charge in [0.15, 0.2) is 0 Å². The van der Waals surface area contributed by atoms with Crippen LogP contribution in [0.4, 0.5) is 5.69 Å². The largest absolute Gasteiger partial charge is 0.324 e. The average Bonchev–Trinajstić information content (AvgIpc) is 2.42. The molecule has 1 aliphatic heterocycles. The molecule has 1 heterocycles. The third kappa shape index (κ3) is 4.47. The number of hydrogen-bond acceptors (Lipinski definition) is 3. The molecule has 0 radical (unpaired) electrons. The highest BCUT2D eigenvalue weighted by molar-refractivity contribution is 6.33. The van der Waals surface area contributed by atoms with Crippen LogP contribution in [0.5, 0.6) is 0 Å². The number of piperidine rings is 1. The highest BCUT2D eigenvalue weighted by Gasteiger charge is 2.21. The molecule has 20 heavy (non-hydrogen) atoms. The highest BCUT2D eigenvalue weighted by Crippen LogP contribution is 2.20. The molecular formula is C15H22ClN3O. The van der Waals surface area contributed by atoms with Gasteiger partial charge in [-0.3, -0.25) is 9.69 Å². The van der Waals surface area contributed by atoms with E-state index in [0.29, 0.717) is 23.2 Å². The summed E-state index contributed by atoms with van der Waals surface area (Å²) in [6, 6.07) is 7.32. The summed E-state index contributed by atoms with van der Waals surface area (Å²) in [5.41, 5.74) is 0.683. The zero-order chi connectivity index (χ0) is 14.4. The van der Waals surface area contributed by atoms with Gasteiger partial charge in [-0.2, -0.15) is 0 Å². The Hall–Kier alpha value is -1.10. The summed E-state index contributed by atoms with van der Waals surface area (Å²) >= 11 is 6.04. The minimum Gasteiger partial charge on any atom is -0.324 e. The number of anilines is 1. The lowest BCUT2D eigenvalue weighted by Crippen LogP contribution is -2.42. The van der Waals surface area contributed by atoms with Gasteiger partial charge in [-0.25, -0.2) is 0 Å². The standard InChI is InChI=1S/C15H22ClN3O/c1-17-9-12-5-4-8-19(10-12)11-15(20)18-14-7-3-2-6-13(14)16/h2-3,6-7,12,17H,4-5,8-11H2,1H3,(H,18,20). The number of rotatable bonds is 5. The molecule has 110 valence electrons. The number of likely N-dealkylation sites (tertiary alicyclic amines) is 1. The van der Waals surface area contributed by atoms with Crippen molar-refractivity contribution in [1.82, 2.24) is 10.2 Å². The minimum absolute atomic E-state index is 0.00297. The lowest BCUT2D eigenvalue weighted by molar-refractivity contribution is -0.117. The van der Waals surface area contributed by atoms with Crippen molar-refractivity contribution in [2.75, 3.05) is 38.5 Å². The van der Waals surface area contributed by atoms with Crippen LogP contribution in [0, 0.1) is 5.92 Å². The summed E-state index contributed by atoms with van der Waals surface area (Å²) < 4.78 is 0. The van der Waals surface area contributed by atoms with Crippen LogP contribution >= 0.6 is 11.6 Å². The van der Waals surface area contributed by atoms with Crippen LogP contribution in [0.15, 0.2) is 24.3 Å². The fraction of sp³-hybridized carbons (Fsp3) is 0.533. The van der Waals surface area contributed by atoms with Crippen LogP contribution in [-0.4, -0.2) is 44.0 Å². The molecule has 0 spiro atoms. The Labute approximate surface area is 125 Å². The first-order valence-corrected chi connectivity index (χ1v) is 7.48. The Morgan fingerprint density at radius 1 is 1.45 bits per heavy atom. The third-order valence-electron chi connectivity index (χ3n) is 3.61. The number of carbonyl (C=O) groups excluding carboxylic acids is 1. The lowest BCUT2D eigenvalue weighted by atomic mass is 9.98. The van der Waals surface area contributed by atoms with Crippen LogP contribution in [-0.2, 0) is 4.79 Å². The molecule has 5 heteroatoms. The van der Waals surface area contributed by atoms with Gasteiger partial charge in [0, 0.05) is 6.54 Å². The first kappa shape index (κ1) is 15.3. The second-order valence-corrected chi connectivity index (χ2v) is 5.74. The van der Waals surface area contributed by atoms with Gasteiger partial charge in [-0.1, -0.05) is 23.7 Å². The molecule has 1 atom stereocenters. The predicted octanol–water partition coefficient (Wildman–Crippen LogP) is 2.21. The van der Waals surface area contributed by atoms with E-state index in [-0.39, 0.29) is 5.91 Å². The van der Waals surface area contributed by atoms with Gasteiger partial charge >= 0.3 is 0 Å². The third-order valence-corrected chi connectivity index (χ3v) is 3.94. The Morgan fingerprint density at radius 2 is 2.25 bits per heavy atom. The molecular weight excluding hydrogens is 274 g/mol. The fourth-order valence-electron chi connectivity index (χ4n) is 2.71. The van der Waals surface area contributed by atoms with Crippen LogP contribution in [0.25, 0.3) is 0 Å². The highest BCUT2D eigenvalue weighted by atomic mass is 35.5. The van der Waals surface area contributed by atoms with Crippen molar-refractivity contribution in [3.8, 4) is 0 Å². The zero-order valence-corrected chi connectivity index (χ0v) is 12.6. The SMILES string of the molecule is CNCC1CCCN(CC(=O)Nc2ccccc2Cl)C1. The van der Waals surface area contributed by atoms with Crippen molar-refractivity contribution in [1.29, 1.82) is 0 Å². The van der Waals surface area contributed by atoms with E-state index >= 15 is 0 Å². The van der Waals surface area contributed by atoms with Gasteiger partial charge in [0.1, 0.15) is 0 Å². The van der Waals surface area contributed by atoms with Crippen LogP contribution in [0.1, 0.15) is 12.8 Å². The topological polar surface area (TPSA) is 44.4 Å². The van der Waals surface area contributed by atoms with Gasteiger partial charge in [-0.15, -0.1) is 0 Å². The van der Waals surface area contributed by atoms with E-state index in [1.165, 1.54) is 6.42 Å². The second-order valence-electron chi connectivity index (χ2n) is 5.33. The van der Waals surface area contributed by atoms with Crippen LogP contribution < -0.4 is 10.6 Å². The maximum absolute atomic E-state index is 12.1. The zero-order valence-electron chi connectivity index (χ0n) is 11.9. The van der Waals surface area contributed by atoms with Gasteiger partial charge in [0.25, 0.3) is 0 Å². The number of amides is 1. The fourth-order valence-corrected chi connectivity index (χ4v) is 2.89. The van der Waals surface area contributed by atoms with Crippen molar-refractivity contribution in [2.24, 2.45) is 5.92 Å². The molecule has 0 saturated carbocycles. The molecule has 1 amide bonds. The number of nitrogens with one attached hydrogen (secondary N) is 2. The Bertz CT molecular complexity index is 450. The number of carbonyl (C=O) groups is 1. The first-order valence-electron chi connectivity index (χ1n) is 7.10. The molecule has 1 aliphatic rings. The Morgan fingerprint density at radius 3 is 3.00 bits per heavy atom. The molecule has 0 aromatic heterocycles. The number of benzene rings is 1. The average molecular weight is 296 g/mol. The van der Waals surface area contributed by atoms with Gasteiger partial charge < -0.3 is 10.6 Å². The van der Waals surface area contributed by atoms with E-state index < -0.39 is 0 Å². The second kappa shape index (κ2) is 7.62. The van der Waals surface area contributed by atoms with Crippen molar-refractivity contribution in [3.05, 3.63) is 29.3 Å². The number of hydrogen-bond donors (Lipinski definition) is 2. The maximum Gasteiger partial charge on any atom is 0.238 e. The molecule has 4 nitrogen and oxygen atoms in total. The molecule has 1 aromatic carbocycles. The molecule has 2 rings (SSSR count). The minimum atomic E-state index is 0.00297. The van der Waals surface area contributed by atoms with Crippen molar-refractivity contribution >= 4 is 23.2 Å². The Kier molecular flexibility index (Phi) is 5.83. The number of halogens is 1. The van der Waals surface area contributed by atoms with E-state index in [4.69, 9.17) is 11.6 Å². The summed E-state index contributed by atoms with van der Waals surface area (Å²) in [6.07, 6.45) is 2.40. The van der Waals surface area contributed by atoms with Crippen molar-refractivity contribution in [3.63, 3.8) is 0 Å². The molecule has 1 aromatic rings. The summed E-state index contributed by atoms with van der Waals surface area (Å²) in [5, 5.41) is 6.67. The molecule has 1 fully saturated rings. The predicted molar refractivity (Wildman–Crippen MR) is 83.2 cm³/mol. The van der Waals surface area contributed by atoms with E-state index in [0.717, 1.165) is 26.1 Å². The van der Waals surface area contributed by atoms with Crippen molar-refractivity contribution in [2.45, 2.75) is 12.8 Å². The smallest absolute Gasteiger partial charge is 0.238 e. The number of para-hydroxylation sites is 1. The molecule has 1 unspecified atom stereocenters. The summed E-state index contributed by atoms with van der Waals surface area (Å²) in [4.78, 5) is 14.3. The summed E-state index contributed by atoms with van der Waals surface area (Å²) in [6.45, 7) is 3.43. The molecule has 2 N–H and O–H groups in total. The maximum atomic E-state index is 12.1. The number of nitrogens with zero attached hydrogens (tertiary/aromatic N) is 1. The van der Waals surface area contributed by atoms with Gasteiger partial charge in [0.05, 0.1) is 17.3 Å². The van der Waals surface area contributed by atoms with Crippen molar-refractivity contribution < 1.29 is 4.79 Å². The Balaban J connectivity index is 1.84. The summed E-state index contributed by atoms with van der Waals surface area (Å²) in [5.74, 6) is 0.644. The molecule has 0 aliphatic carbocycles. The van der Waals surface area contributed by atoms with Crippen LogP contribution in [0.3, 0.4) is 0 Å². The quantitative estimate of drug-likeness (QED) is 0.875. The molecule has 0 bridgehead atoms. The first-order chi connectivity index (χ1) is 9.69. The summed E-state index contributed by atoms with van der Waals surface area (Å²) in [7, 11) is 1.98. The lowest BCUT2D eigenvalue weighted by Gasteiger charge is -2.32. The van der Waals surface area contributed by atoms with E-state index in [1.54, 1.807) is 6.07 Å². The van der Waals surface area contributed by atoms with Crippen LogP contribution in [0.2, 0.25) is 5.02 Å². The normalized spacial score (nSPS) is 19.8.